The van der Waals surface area contributed by atoms with E-state index in [9.17, 15) is 4.79 Å². The second kappa shape index (κ2) is 6.55. The number of H-pyrrole nitrogens is 1. The van der Waals surface area contributed by atoms with Gasteiger partial charge in [-0.1, -0.05) is 17.9 Å². The van der Waals surface area contributed by atoms with Crippen LogP contribution in [0.2, 0.25) is 0 Å². The van der Waals surface area contributed by atoms with Crippen LogP contribution in [0, 0.1) is 18.8 Å². The van der Waals surface area contributed by atoms with Crippen molar-refractivity contribution in [2.24, 2.45) is 5.73 Å². The van der Waals surface area contributed by atoms with Crippen molar-refractivity contribution in [2.45, 2.75) is 13.5 Å². The molecule has 1 aromatic carbocycles. The van der Waals surface area contributed by atoms with Gasteiger partial charge in [0.05, 0.1) is 12.7 Å². The zero-order valence-electron chi connectivity index (χ0n) is 11.2. The monoisotopic (exact) mass is 268 g/mol. The molecule has 5 nitrogen and oxygen atoms in total. The molecule has 1 heterocycles. The van der Waals surface area contributed by atoms with Crippen LogP contribution in [-0.2, 0) is 6.54 Å². The number of nitrogens with one attached hydrogen (secondary N) is 2. The van der Waals surface area contributed by atoms with Crippen LogP contribution in [0.1, 0.15) is 27.0 Å². The summed E-state index contributed by atoms with van der Waals surface area (Å²) in [6.45, 7) is 2.69. The highest BCUT2D eigenvalue weighted by Gasteiger charge is 2.07. The molecule has 0 saturated carbocycles. The first-order valence-electron chi connectivity index (χ1n) is 6.26. The molecular weight excluding hydrogens is 252 g/mol. The highest BCUT2D eigenvalue weighted by Crippen LogP contribution is 2.10. The number of nitrogens with two attached hydrogens (primary N) is 1. The van der Waals surface area contributed by atoms with Gasteiger partial charge in [-0.3, -0.25) is 9.89 Å². The molecule has 2 aromatic rings. The molecule has 0 fully saturated rings. The number of aromatic nitrogens is 2. The Morgan fingerprint density at radius 3 is 3.05 bits per heavy atom. The third-order valence-corrected chi connectivity index (χ3v) is 2.83. The number of nitrogens with zero attached hydrogens (tertiary/aromatic N) is 1. The summed E-state index contributed by atoms with van der Waals surface area (Å²) in [6, 6.07) is 5.45. The first-order valence-corrected chi connectivity index (χ1v) is 6.26. The van der Waals surface area contributed by atoms with Crippen molar-refractivity contribution in [3.63, 3.8) is 0 Å². The van der Waals surface area contributed by atoms with Crippen molar-refractivity contribution < 1.29 is 4.79 Å². The van der Waals surface area contributed by atoms with Crippen LogP contribution in [0.3, 0.4) is 0 Å². The second-order valence-corrected chi connectivity index (χ2v) is 4.32. The number of aromatic amines is 1. The standard InChI is InChI=1S/C15H16N4O/c1-11-4-5-14(7-13(11)3-2-6-16)15(20)17-8-12-9-18-19-10-12/h4-5,7,9-10H,6,8,16H2,1H3,(H,17,20)(H,18,19). The Morgan fingerprint density at radius 1 is 1.50 bits per heavy atom. The lowest BCUT2D eigenvalue weighted by atomic mass is 10.0. The topological polar surface area (TPSA) is 83.8 Å². The zero-order chi connectivity index (χ0) is 14.4. The number of hydrogen-bond donors (Lipinski definition) is 3. The molecule has 2 rings (SSSR count). The first-order chi connectivity index (χ1) is 9.70. The predicted molar refractivity (Wildman–Crippen MR) is 76.9 cm³/mol. The molecule has 0 aliphatic heterocycles. The molecule has 0 unspecified atom stereocenters. The minimum Gasteiger partial charge on any atom is -0.348 e. The summed E-state index contributed by atoms with van der Waals surface area (Å²) in [7, 11) is 0. The molecule has 0 saturated heterocycles. The Labute approximate surface area is 117 Å². The fourth-order valence-corrected chi connectivity index (χ4v) is 1.70. The fourth-order valence-electron chi connectivity index (χ4n) is 1.70. The average molecular weight is 268 g/mol. The van der Waals surface area contributed by atoms with E-state index in [0.29, 0.717) is 18.7 Å². The smallest absolute Gasteiger partial charge is 0.251 e. The van der Waals surface area contributed by atoms with E-state index < -0.39 is 0 Å². The summed E-state index contributed by atoms with van der Waals surface area (Å²) >= 11 is 0. The summed E-state index contributed by atoms with van der Waals surface area (Å²) < 4.78 is 0. The molecule has 0 radical (unpaired) electrons. The zero-order valence-corrected chi connectivity index (χ0v) is 11.2. The molecule has 102 valence electrons. The van der Waals surface area contributed by atoms with E-state index in [1.165, 1.54) is 0 Å². The molecule has 4 N–H and O–H groups in total. The van der Waals surface area contributed by atoms with Gasteiger partial charge in [0.2, 0.25) is 0 Å². The SMILES string of the molecule is Cc1ccc(C(=O)NCc2cn[nH]c2)cc1C#CCN. The number of carbonyl (C=O) groups is 1. The minimum atomic E-state index is -0.137. The summed E-state index contributed by atoms with van der Waals surface area (Å²) in [5.41, 5.74) is 8.72. The van der Waals surface area contributed by atoms with Gasteiger partial charge in [0.25, 0.3) is 5.91 Å². The van der Waals surface area contributed by atoms with Crippen molar-refractivity contribution >= 4 is 5.91 Å². The molecule has 0 atom stereocenters. The highest BCUT2D eigenvalue weighted by molar-refractivity contribution is 5.94. The molecule has 5 heteroatoms. The van der Waals surface area contributed by atoms with Gasteiger partial charge in [-0.25, -0.2) is 0 Å². The summed E-state index contributed by atoms with van der Waals surface area (Å²) in [5.74, 6) is 5.63. The van der Waals surface area contributed by atoms with E-state index in [0.717, 1.165) is 16.7 Å². The van der Waals surface area contributed by atoms with Crippen molar-refractivity contribution in [3.8, 4) is 11.8 Å². The van der Waals surface area contributed by atoms with Crippen LogP contribution in [0.4, 0.5) is 0 Å². The summed E-state index contributed by atoms with van der Waals surface area (Å²) in [4.78, 5) is 12.1. The molecule has 0 spiro atoms. The molecule has 1 amide bonds. The summed E-state index contributed by atoms with van der Waals surface area (Å²) in [5, 5.41) is 9.36. The van der Waals surface area contributed by atoms with Crippen molar-refractivity contribution in [1.82, 2.24) is 15.5 Å². The lowest BCUT2D eigenvalue weighted by molar-refractivity contribution is 0.0951. The highest BCUT2D eigenvalue weighted by atomic mass is 16.1. The third kappa shape index (κ3) is 3.46. The second-order valence-electron chi connectivity index (χ2n) is 4.32. The Morgan fingerprint density at radius 2 is 2.35 bits per heavy atom. The first kappa shape index (κ1) is 13.8. The lowest BCUT2D eigenvalue weighted by Gasteiger charge is -2.05. The van der Waals surface area contributed by atoms with E-state index in [2.05, 4.69) is 27.4 Å². The Kier molecular flexibility index (Phi) is 4.53. The Hall–Kier alpha value is -2.58. The van der Waals surface area contributed by atoms with Gasteiger partial charge in [0.1, 0.15) is 0 Å². The number of rotatable bonds is 3. The van der Waals surface area contributed by atoms with Crippen molar-refractivity contribution in [1.29, 1.82) is 0 Å². The molecule has 0 aliphatic carbocycles. The molecule has 20 heavy (non-hydrogen) atoms. The fraction of sp³-hybridized carbons (Fsp3) is 0.200. The lowest BCUT2D eigenvalue weighted by Crippen LogP contribution is -2.22. The maximum absolute atomic E-state index is 12.1. The van der Waals surface area contributed by atoms with Gasteiger partial charge in [-0.2, -0.15) is 5.10 Å². The summed E-state index contributed by atoms with van der Waals surface area (Å²) in [6.07, 6.45) is 3.42. The predicted octanol–water partition coefficient (Wildman–Crippen LogP) is 0.958. The number of hydrogen-bond acceptors (Lipinski definition) is 3. The van der Waals surface area contributed by atoms with Crippen LogP contribution >= 0.6 is 0 Å². The number of carbonyl (C=O) groups excluding carboxylic acids is 1. The normalized spacial score (nSPS) is 9.70. The molecule has 1 aromatic heterocycles. The maximum Gasteiger partial charge on any atom is 0.251 e. The molecule has 0 bridgehead atoms. The molecular formula is C15H16N4O. The van der Waals surface area contributed by atoms with E-state index in [1.54, 1.807) is 24.5 Å². The van der Waals surface area contributed by atoms with Gasteiger partial charge in [-0.05, 0) is 24.6 Å². The van der Waals surface area contributed by atoms with Gasteiger partial charge in [-0.15, -0.1) is 0 Å². The number of benzene rings is 1. The van der Waals surface area contributed by atoms with Gasteiger partial charge < -0.3 is 11.1 Å². The van der Waals surface area contributed by atoms with E-state index in [4.69, 9.17) is 5.73 Å². The Balaban J connectivity index is 2.09. The van der Waals surface area contributed by atoms with Crippen LogP contribution in [0.15, 0.2) is 30.6 Å². The maximum atomic E-state index is 12.1. The third-order valence-electron chi connectivity index (χ3n) is 2.83. The average Bonchev–Trinajstić information content (AvgIpc) is 2.97. The van der Waals surface area contributed by atoms with Crippen molar-refractivity contribution in [3.05, 3.63) is 52.8 Å². The van der Waals surface area contributed by atoms with Gasteiger partial charge in [0.15, 0.2) is 0 Å². The Bertz CT molecular complexity index is 650. The minimum absolute atomic E-state index is 0.137. The largest absolute Gasteiger partial charge is 0.348 e. The van der Waals surface area contributed by atoms with Crippen molar-refractivity contribution in [2.75, 3.05) is 6.54 Å². The van der Waals surface area contributed by atoms with Crippen LogP contribution in [0.25, 0.3) is 0 Å². The van der Waals surface area contributed by atoms with Gasteiger partial charge in [0, 0.05) is 29.4 Å². The van der Waals surface area contributed by atoms with Crippen LogP contribution < -0.4 is 11.1 Å². The quantitative estimate of drug-likeness (QED) is 0.725. The van der Waals surface area contributed by atoms with E-state index >= 15 is 0 Å². The number of amides is 1. The van der Waals surface area contributed by atoms with Crippen LogP contribution in [0.5, 0.6) is 0 Å². The van der Waals surface area contributed by atoms with E-state index in [1.807, 2.05) is 13.0 Å². The van der Waals surface area contributed by atoms with Crippen LogP contribution in [-0.4, -0.2) is 22.6 Å². The van der Waals surface area contributed by atoms with E-state index in [-0.39, 0.29) is 5.91 Å². The van der Waals surface area contributed by atoms with Gasteiger partial charge >= 0.3 is 0 Å². The molecule has 0 aliphatic rings. The number of aryl methyl sites for hydroxylation is 1.